The summed E-state index contributed by atoms with van der Waals surface area (Å²) in [5.74, 6) is -3.27. The lowest BCUT2D eigenvalue weighted by atomic mass is 10.5. The van der Waals surface area contributed by atoms with Crippen LogP contribution in [0.25, 0.3) is 0 Å². The van der Waals surface area contributed by atoms with Crippen molar-refractivity contribution in [1.29, 1.82) is 0 Å². The number of nitrogens with one attached hydrogen (secondary N) is 4. The smallest absolute Gasteiger partial charge is 0.354 e. The highest BCUT2D eigenvalue weighted by Gasteiger charge is 2.34. The maximum absolute atomic E-state index is 11.6. The van der Waals surface area contributed by atoms with E-state index in [2.05, 4.69) is 20.6 Å². The van der Waals surface area contributed by atoms with Gasteiger partial charge in [0, 0.05) is 0 Å². The number of aliphatic hydroxyl groups is 2. The van der Waals surface area contributed by atoms with Crippen molar-refractivity contribution in [3.8, 4) is 0 Å². The molecule has 0 spiro atoms. The third-order valence-electron chi connectivity index (χ3n) is 3.02. The van der Waals surface area contributed by atoms with Crippen molar-refractivity contribution in [2.45, 2.75) is 0 Å². The molecule has 0 bridgehead atoms. The van der Waals surface area contributed by atoms with Crippen LogP contribution >= 0.6 is 0 Å². The highest BCUT2D eigenvalue weighted by Crippen LogP contribution is 2.04. The number of aliphatic hydroxyl groups excluding tert-OH is 2. The van der Waals surface area contributed by atoms with E-state index >= 15 is 0 Å². The van der Waals surface area contributed by atoms with E-state index in [-0.39, 0.29) is 0 Å². The normalized spacial score (nSPS) is 16.4. The molecular formula is C11H12N8O8. The molecular weight excluding hydrogens is 372 g/mol. The predicted molar refractivity (Wildman–Crippen MR) is 81.7 cm³/mol. The highest BCUT2D eigenvalue weighted by atomic mass is 16.3. The Bertz CT molecular complexity index is 725. The van der Waals surface area contributed by atoms with Crippen LogP contribution in [0.15, 0.2) is 9.98 Å². The van der Waals surface area contributed by atoms with Gasteiger partial charge in [-0.15, -0.1) is 0 Å². The minimum atomic E-state index is -1.05. The number of carbonyl (C=O) groups is 6. The summed E-state index contributed by atoms with van der Waals surface area (Å²) in [7, 11) is 0. The van der Waals surface area contributed by atoms with E-state index in [0.29, 0.717) is 9.80 Å². The molecule has 0 aromatic carbocycles. The van der Waals surface area contributed by atoms with E-state index in [1.54, 1.807) is 0 Å². The molecule has 2 aliphatic rings. The molecule has 16 nitrogen and oxygen atoms in total. The fourth-order valence-electron chi connectivity index (χ4n) is 1.76. The molecule has 2 aliphatic heterocycles. The maximum atomic E-state index is 11.6. The number of amidine groups is 2. The Labute approximate surface area is 148 Å². The number of amides is 10. The van der Waals surface area contributed by atoms with Gasteiger partial charge in [0.15, 0.2) is 0 Å². The van der Waals surface area contributed by atoms with Crippen LogP contribution < -0.4 is 21.3 Å². The van der Waals surface area contributed by atoms with E-state index < -0.39 is 67.7 Å². The zero-order chi connectivity index (χ0) is 20.1. The summed E-state index contributed by atoms with van der Waals surface area (Å²) in [4.78, 5) is 75.9. The highest BCUT2D eigenvalue weighted by molar-refractivity contribution is 6.47. The van der Waals surface area contributed by atoms with E-state index in [0.717, 1.165) is 0 Å². The van der Waals surface area contributed by atoms with Gasteiger partial charge in [0.2, 0.25) is 11.7 Å². The minimum absolute atomic E-state index is 0.373. The molecule has 6 N–H and O–H groups in total. The van der Waals surface area contributed by atoms with Gasteiger partial charge in [0.05, 0.1) is 6.67 Å². The summed E-state index contributed by atoms with van der Waals surface area (Å²) in [6, 6.07) is -4.12. The summed E-state index contributed by atoms with van der Waals surface area (Å²) < 4.78 is 0. The summed E-state index contributed by atoms with van der Waals surface area (Å²) in [5, 5.41) is 25.7. The number of hydrogen-bond donors (Lipinski definition) is 6. The van der Waals surface area contributed by atoms with Crippen LogP contribution in [0.4, 0.5) is 19.2 Å². The third kappa shape index (κ3) is 4.19. The summed E-state index contributed by atoms with van der Waals surface area (Å²) in [6.45, 7) is -2.31. The third-order valence-corrected chi connectivity index (χ3v) is 3.02. The maximum Gasteiger partial charge on any atom is 0.354 e. The first-order valence-electron chi connectivity index (χ1n) is 6.99. The Morgan fingerprint density at radius 2 is 1.15 bits per heavy atom. The first kappa shape index (κ1) is 19.4. The quantitative estimate of drug-likeness (QED) is 0.263. The molecule has 0 atom stereocenters. The van der Waals surface area contributed by atoms with E-state index in [1.807, 2.05) is 10.6 Å². The van der Waals surface area contributed by atoms with Crippen LogP contribution in [0.3, 0.4) is 0 Å². The number of rotatable bonds is 4. The number of urea groups is 4. The van der Waals surface area contributed by atoms with Gasteiger partial charge in [0.25, 0.3) is 11.8 Å². The van der Waals surface area contributed by atoms with Gasteiger partial charge in [-0.2, -0.15) is 9.98 Å². The number of nitrogens with zero attached hydrogens (tertiary/aromatic N) is 4. The SMILES string of the molecule is O=C(NCNC(=O)NC1=NC(=O)N(CO)C1=O)NC1=NC(=O)N(CO)C1=O. The number of aliphatic imine (C=N–C) groups is 2. The second-order valence-corrected chi connectivity index (χ2v) is 4.67. The van der Waals surface area contributed by atoms with Crippen LogP contribution in [0, 0.1) is 0 Å². The summed E-state index contributed by atoms with van der Waals surface area (Å²) in [6.07, 6.45) is 0. The molecule has 10 amide bonds. The average Bonchev–Trinajstić information content (AvgIpc) is 3.02. The van der Waals surface area contributed by atoms with E-state index in [4.69, 9.17) is 10.2 Å². The summed E-state index contributed by atoms with van der Waals surface area (Å²) >= 11 is 0. The van der Waals surface area contributed by atoms with Crippen LogP contribution in [-0.4, -0.2) is 87.8 Å². The van der Waals surface area contributed by atoms with Crippen molar-refractivity contribution < 1.29 is 39.0 Å². The molecule has 0 saturated carbocycles. The Morgan fingerprint density at radius 1 is 0.778 bits per heavy atom. The lowest BCUT2D eigenvalue weighted by Crippen LogP contribution is -2.50. The van der Waals surface area contributed by atoms with Gasteiger partial charge in [0.1, 0.15) is 13.5 Å². The topological polar surface area (TPSA) is 222 Å². The molecule has 0 saturated heterocycles. The molecule has 144 valence electrons. The molecule has 0 radical (unpaired) electrons. The molecule has 27 heavy (non-hydrogen) atoms. The van der Waals surface area contributed by atoms with Gasteiger partial charge in [-0.25, -0.2) is 29.0 Å². The number of imide groups is 2. The van der Waals surface area contributed by atoms with Crippen molar-refractivity contribution in [1.82, 2.24) is 31.1 Å². The zero-order valence-corrected chi connectivity index (χ0v) is 13.3. The van der Waals surface area contributed by atoms with Crippen molar-refractivity contribution in [2.24, 2.45) is 9.98 Å². The second-order valence-electron chi connectivity index (χ2n) is 4.67. The van der Waals surface area contributed by atoms with E-state index in [9.17, 15) is 28.8 Å². The van der Waals surface area contributed by atoms with Gasteiger partial charge in [-0.3, -0.25) is 20.2 Å². The lowest BCUT2D eigenvalue weighted by Gasteiger charge is -2.10. The van der Waals surface area contributed by atoms with Crippen molar-refractivity contribution in [3.05, 3.63) is 0 Å². The van der Waals surface area contributed by atoms with Crippen molar-refractivity contribution >= 4 is 47.6 Å². The molecule has 0 unspecified atom stereocenters. The Kier molecular flexibility index (Phi) is 5.73. The molecule has 0 aromatic rings. The van der Waals surface area contributed by atoms with Gasteiger partial charge in [-0.1, -0.05) is 0 Å². The summed E-state index contributed by atoms with van der Waals surface area (Å²) in [5.41, 5.74) is 0. The van der Waals surface area contributed by atoms with Crippen molar-refractivity contribution in [3.63, 3.8) is 0 Å². The number of carbonyl (C=O) groups excluding carboxylic acids is 6. The predicted octanol–water partition coefficient (Wildman–Crippen LogP) is -3.84. The fraction of sp³-hybridized carbons (Fsp3) is 0.273. The standard InChI is InChI=1S/C11H12N8O8/c20-2-18-6(22)4(16-10(18)26)14-8(24)12-1-13-9(25)15-5-7(23)19(3-21)11(27)17-5/h20-21H,1-3H2,(H2,12,14,16,24,26)(H2,13,15,17,25,27). The van der Waals surface area contributed by atoms with Gasteiger partial charge >= 0.3 is 24.1 Å². The average molecular weight is 384 g/mol. The largest absolute Gasteiger partial charge is 0.376 e. The molecule has 2 heterocycles. The van der Waals surface area contributed by atoms with Crippen molar-refractivity contribution in [2.75, 3.05) is 20.1 Å². The fourth-order valence-corrected chi connectivity index (χ4v) is 1.76. The van der Waals surface area contributed by atoms with Gasteiger partial charge < -0.3 is 20.8 Å². The van der Waals surface area contributed by atoms with Crippen LogP contribution in [-0.2, 0) is 9.59 Å². The second kappa shape index (κ2) is 7.97. The van der Waals surface area contributed by atoms with Gasteiger partial charge in [-0.05, 0) is 0 Å². The minimum Gasteiger partial charge on any atom is -0.376 e. The van der Waals surface area contributed by atoms with Crippen LogP contribution in [0.2, 0.25) is 0 Å². The molecule has 0 aliphatic carbocycles. The van der Waals surface area contributed by atoms with Crippen LogP contribution in [0.1, 0.15) is 0 Å². The van der Waals surface area contributed by atoms with Crippen LogP contribution in [0.5, 0.6) is 0 Å². The molecule has 16 heteroatoms. The number of hydrogen-bond acceptors (Lipinski definition) is 8. The van der Waals surface area contributed by atoms with E-state index in [1.165, 1.54) is 0 Å². The molecule has 0 fully saturated rings. The first-order valence-corrected chi connectivity index (χ1v) is 6.99. The Balaban J connectivity index is 1.75. The lowest BCUT2D eigenvalue weighted by molar-refractivity contribution is -0.124. The molecule has 0 aromatic heterocycles. The molecule has 2 rings (SSSR count). The Morgan fingerprint density at radius 3 is 1.44 bits per heavy atom. The first-order chi connectivity index (χ1) is 12.8. The zero-order valence-electron chi connectivity index (χ0n) is 13.3. The Hall–Kier alpha value is -3.92. The monoisotopic (exact) mass is 384 g/mol.